The van der Waals surface area contributed by atoms with Gasteiger partial charge in [-0.15, -0.1) is 24.0 Å². The Kier molecular flexibility index (Phi) is 11.7. The largest absolute Gasteiger partial charge is 0.489 e. The zero-order valence-electron chi connectivity index (χ0n) is 17.0. The minimum atomic E-state index is 0. The summed E-state index contributed by atoms with van der Waals surface area (Å²) >= 11 is 0. The molecule has 1 fully saturated rings. The maximum atomic E-state index is 5.96. The van der Waals surface area contributed by atoms with E-state index in [1.165, 1.54) is 18.4 Å². The van der Waals surface area contributed by atoms with Gasteiger partial charge in [-0.3, -0.25) is 9.89 Å². The van der Waals surface area contributed by atoms with Crippen LogP contribution in [0, 0.1) is 6.92 Å². The number of aryl methyl sites for hydroxylation is 1. The Hall–Kier alpha value is -1.06. The van der Waals surface area contributed by atoms with Crippen LogP contribution in [0.2, 0.25) is 0 Å². The predicted molar refractivity (Wildman–Crippen MR) is 123 cm³/mol. The number of nitrogens with one attached hydrogen (secondary N) is 2. The first-order valence-corrected chi connectivity index (χ1v) is 9.53. The van der Waals surface area contributed by atoms with Gasteiger partial charge in [0, 0.05) is 33.3 Å². The summed E-state index contributed by atoms with van der Waals surface area (Å²) in [5.41, 5.74) is 1.20. The fraction of sp³-hybridized carbons (Fsp3) is 0.650. The summed E-state index contributed by atoms with van der Waals surface area (Å²) in [5.74, 6) is 1.73. The van der Waals surface area contributed by atoms with Crippen molar-refractivity contribution in [2.24, 2.45) is 4.99 Å². The van der Waals surface area contributed by atoms with Gasteiger partial charge in [-0.25, -0.2) is 0 Å². The summed E-state index contributed by atoms with van der Waals surface area (Å²) in [5, 5.41) is 6.80. The highest BCUT2D eigenvalue weighted by Gasteiger charge is 2.24. The van der Waals surface area contributed by atoms with Gasteiger partial charge in [0.25, 0.3) is 0 Å². The van der Waals surface area contributed by atoms with Crippen molar-refractivity contribution in [2.75, 3.05) is 46.9 Å². The first-order chi connectivity index (χ1) is 12.6. The number of nitrogens with zero attached hydrogens (tertiary/aromatic N) is 2. The van der Waals surface area contributed by atoms with Crippen molar-refractivity contribution in [1.29, 1.82) is 0 Å². The average Bonchev–Trinajstić information content (AvgIpc) is 3.07. The molecule has 1 aliphatic heterocycles. The van der Waals surface area contributed by atoms with Crippen LogP contribution in [-0.2, 0) is 4.74 Å². The van der Waals surface area contributed by atoms with E-state index in [4.69, 9.17) is 9.47 Å². The summed E-state index contributed by atoms with van der Waals surface area (Å²) in [4.78, 5) is 6.82. The van der Waals surface area contributed by atoms with Crippen molar-refractivity contribution in [3.05, 3.63) is 29.8 Å². The molecule has 1 aromatic carbocycles. The predicted octanol–water partition coefficient (Wildman–Crippen LogP) is 2.66. The summed E-state index contributed by atoms with van der Waals surface area (Å²) < 4.78 is 11.2. The Morgan fingerprint density at radius 2 is 2.19 bits per heavy atom. The lowest BCUT2D eigenvalue weighted by Gasteiger charge is -2.25. The summed E-state index contributed by atoms with van der Waals surface area (Å²) in [6.07, 6.45) is 2.53. The number of hydrogen-bond acceptors (Lipinski definition) is 4. The number of methoxy groups -OCH3 is 1. The van der Waals surface area contributed by atoms with E-state index in [1.807, 2.05) is 12.1 Å². The van der Waals surface area contributed by atoms with Gasteiger partial charge in [0.05, 0.1) is 13.2 Å². The molecule has 7 heteroatoms. The van der Waals surface area contributed by atoms with Crippen LogP contribution in [0.4, 0.5) is 0 Å². The lowest BCUT2D eigenvalue weighted by molar-refractivity contribution is 0.141. The van der Waals surface area contributed by atoms with Crippen LogP contribution in [-0.4, -0.2) is 69.9 Å². The monoisotopic (exact) mass is 490 g/mol. The van der Waals surface area contributed by atoms with E-state index in [9.17, 15) is 0 Å². The highest BCUT2D eigenvalue weighted by atomic mass is 127. The van der Waals surface area contributed by atoms with Gasteiger partial charge < -0.3 is 20.1 Å². The van der Waals surface area contributed by atoms with E-state index in [-0.39, 0.29) is 30.1 Å². The molecule has 0 aliphatic carbocycles. The molecular formula is C20H35IN4O2. The third-order valence-corrected chi connectivity index (χ3v) is 4.69. The van der Waals surface area contributed by atoms with Crippen LogP contribution in [0.15, 0.2) is 29.3 Å². The third kappa shape index (κ3) is 8.66. The van der Waals surface area contributed by atoms with Crippen molar-refractivity contribution in [1.82, 2.24) is 15.5 Å². The fourth-order valence-corrected chi connectivity index (χ4v) is 3.27. The molecule has 2 atom stereocenters. The average molecular weight is 490 g/mol. The molecule has 0 radical (unpaired) electrons. The van der Waals surface area contributed by atoms with Crippen molar-refractivity contribution in [3.63, 3.8) is 0 Å². The molecule has 2 rings (SSSR count). The Morgan fingerprint density at radius 1 is 1.37 bits per heavy atom. The van der Waals surface area contributed by atoms with E-state index in [0.717, 1.165) is 38.0 Å². The van der Waals surface area contributed by atoms with Crippen LogP contribution >= 0.6 is 24.0 Å². The second kappa shape index (κ2) is 13.2. The van der Waals surface area contributed by atoms with E-state index < -0.39 is 0 Å². The molecule has 1 saturated heterocycles. The maximum absolute atomic E-state index is 5.96. The highest BCUT2D eigenvalue weighted by molar-refractivity contribution is 14.0. The van der Waals surface area contributed by atoms with Gasteiger partial charge in [-0.1, -0.05) is 12.1 Å². The summed E-state index contributed by atoms with van der Waals surface area (Å²) in [7, 11) is 3.56. The number of aliphatic imine (C=N–C) groups is 1. The highest BCUT2D eigenvalue weighted by Crippen LogP contribution is 2.16. The number of guanidine groups is 1. The second-order valence-corrected chi connectivity index (χ2v) is 6.90. The number of ether oxygens (including phenoxy) is 2. The van der Waals surface area contributed by atoms with Crippen LogP contribution in [0.5, 0.6) is 5.75 Å². The number of rotatable bonds is 9. The molecule has 27 heavy (non-hydrogen) atoms. The van der Waals surface area contributed by atoms with Crippen LogP contribution in [0.1, 0.15) is 25.3 Å². The van der Waals surface area contributed by atoms with Crippen molar-refractivity contribution in [3.8, 4) is 5.75 Å². The molecular weight excluding hydrogens is 455 g/mol. The third-order valence-electron chi connectivity index (χ3n) is 4.69. The summed E-state index contributed by atoms with van der Waals surface area (Å²) in [6.45, 7) is 8.67. The van der Waals surface area contributed by atoms with Gasteiger partial charge in [-0.2, -0.15) is 0 Å². The molecule has 2 N–H and O–H groups in total. The lowest BCUT2D eigenvalue weighted by atomic mass is 10.2. The quantitative estimate of drug-likeness (QED) is 0.317. The van der Waals surface area contributed by atoms with Crippen molar-refractivity contribution >= 4 is 29.9 Å². The maximum Gasteiger partial charge on any atom is 0.191 e. The Morgan fingerprint density at radius 3 is 2.89 bits per heavy atom. The van der Waals surface area contributed by atoms with Crippen LogP contribution in [0.3, 0.4) is 0 Å². The van der Waals surface area contributed by atoms with E-state index in [0.29, 0.717) is 12.6 Å². The molecule has 1 aliphatic rings. The second-order valence-electron chi connectivity index (χ2n) is 6.90. The Bertz CT molecular complexity index is 571. The zero-order valence-corrected chi connectivity index (χ0v) is 19.4. The van der Waals surface area contributed by atoms with Crippen LogP contribution in [0.25, 0.3) is 0 Å². The number of benzene rings is 1. The van der Waals surface area contributed by atoms with Gasteiger partial charge in [-0.05, 0) is 50.9 Å². The number of halogens is 1. The Labute approximate surface area is 181 Å². The molecule has 0 bridgehead atoms. The smallest absolute Gasteiger partial charge is 0.191 e. The number of likely N-dealkylation sites (tertiary alicyclic amines) is 1. The SMILES string of the molecule is CN=C(NCC(C)Oc1cccc(C)c1)NCC1CCCN1CCOC.I. The van der Waals surface area contributed by atoms with Gasteiger partial charge in [0.2, 0.25) is 0 Å². The van der Waals surface area contributed by atoms with Crippen LogP contribution < -0.4 is 15.4 Å². The minimum absolute atomic E-state index is 0. The molecule has 6 nitrogen and oxygen atoms in total. The fourth-order valence-electron chi connectivity index (χ4n) is 3.27. The Balaban J connectivity index is 0.00000364. The minimum Gasteiger partial charge on any atom is -0.489 e. The molecule has 1 heterocycles. The zero-order chi connectivity index (χ0) is 18.8. The molecule has 0 aromatic heterocycles. The van der Waals surface area contributed by atoms with E-state index in [1.54, 1.807) is 14.2 Å². The molecule has 0 saturated carbocycles. The van der Waals surface area contributed by atoms with E-state index >= 15 is 0 Å². The van der Waals surface area contributed by atoms with Gasteiger partial charge in [0.15, 0.2) is 5.96 Å². The molecule has 154 valence electrons. The number of hydrogen-bond donors (Lipinski definition) is 2. The van der Waals surface area contributed by atoms with E-state index in [2.05, 4.69) is 46.5 Å². The standard InChI is InChI=1S/C20H34N4O2.HI/c1-16-7-5-9-19(13-16)26-17(2)14-22-20(21-3)23-15-18-8-6-10-24(18)11-12-25-4;/h5,7,9,13,17-18H,6,8,10-12,14-15H2,1-4H3,(H2,21,22,23);1H. The normalized spacial score (nSPS) is 18.7. The summed E-state index contributed by atoms with van der Waals surface area (Å²) in [6, 6.07) is 8.68. The molecule has 0 amide bonds. The molecule has 1 aromatic rings. The lowest BCUT2D eigenvalue weighted by Crippen LogP contribution is -2.47. The van der Waals surface area contributed by atoms with Gasteiger partial charge in [0.1, 0.15) is 11.9 Å². The molecule has 0 spiro atoms. The first kappa shape index (κ1) is 24.0. The first-order valence-electron chi connectivity index (χ1n) is 9.53. The van der Waals surface area contributed by atoms with Crippen molar-refractivity contribution < 1.29 is 9.47 Å². The molecule has 2 unspecified atom stereocenters. The van der Waals surface area contributed by atoms with Gasteiger partial charge >= 0.3 is 0 Å². The van der Waals surface area contributed by atoms with Crippen molar-refractivity contribution in [2.45, 2.75) is 38.8 Å². The topological polar surface area (TPSA) is 58.1 Å².